The van der Waals surface area contributed by atoms with Crippen molar-refractivity contribution in [2.75, 3.05) is 6.61 Å². The molecule has 3 N–H and O–H groups in total. The van der Waals surface area contributed by atoms with Gasteiger partial charge in [0.15, 0.2) is 5.11 Å². The molecule has 0 saturated heterocycles. The molecule has 0 radical (unpaired) electrons. The Kier molecular flexibility index (Phi) is 8.59. The normalized spacial score (nSPS) is 11.1. The second-order valence-corrected chi connectivity index (χ2v) is 9.80. The average molecular weight is 506 g/mol. The molecule has 2 rings (SSSR count). The number of benzene rings is 2. The van der Waals surface area contributed by atoms with Crippen LogP contribution in [0.15, 0.2) is 46.9 Å². The van der Waals surface area contributed by atoms with Crippen molar-refractivity contribution in [2.24, 2.45) is 5.92 Å². The number of hydrogen-bond donors (Lipinski definition) is 3. The summed E-state index contributed by atoms with van der Waals surface area (Å²) in [5, 5.41) is 2.52. The van der Waals surface area contributed by atoms with Gasteiger partial charge in [0.1, 0.15) is 5.75 Å². The molecule has 0 aromatic heterocycles. The van der Waals surface area contributed by atoms with Crippen molar-refractivity contribution >= 4 is 45.1 Å². The van der Waals surface area contributed by atoms with Crippen molar-refractivity contribution in [3.63, 3.8) is 0 Å². The topological polar surface area (TPSA) is 79.5 Å². The van der Waals surface area contributed by atoms with Crippen LogP contribution in [-0.4, -0.2) is 23.5 Å². The standard InChI is InChI=1S/C23H28BrN3O3S/c1-14(2)13-30-19-11-8-16(12-18(19)24)20(28)25-22(31)27-26-21(29)15-6-9-17(10-7-15)23(3,4)5/h6-12,14H,13H2,1-5H3,(H,26,29)(H2,25,27,28,31). The molecule has 0 unspecified atom stereocenters. The molecule has 0 aliphatic heterocycles. The van der Waals surface area contributed by atoms with E-state index in [-0.39, 0.29) is 16.4 Å². The van der Waals surface area contributed by atoms with Crippen LogP contribution in [-0.2, 0) is 5.41 Å². The summed E-state index contributed by atoms with van der Waals surface area (Å²) in [6.07, 6.45) is 0. The molecule has 0 heterocycles. The highest BCUT2D eigenvalue weighted by Gasteiger charge is 2.15. The fourth-order valence-corrected chi connectivity index (χ4v) is 3.17. The first-order valence-electron chi connectivity index (χ1n) is 9.92. The molecular formula is C23H28BrN3O3S. The Balaban J connectivity index is 1.88. The first-order chi connectivity index (χ1) is 14.5. The number of carbonyl (C=O) groups excluding carboxylic acids is 2. The molecule has 31 heavy (non-hydrogen) atoms. The lowest BCUT2D eigenvalue weighted by atomic mass is 9.87. The Bertz CT molecular complexity index is 954. The first-order valence-corrected chi connectivity index (χ1v) is 11.1. The molecule has 2 aromatic rings. The average Bonchev–Trinajstić information content (AvgIpc) is 2.70. The van der Waals surface area contributed by atoms with Crippen molar-refractivity contribution in [3.8, 4) is 5.75 Å². The molecule has 8 heteroatoms. The van der Waals surface area contributed by atoms with E-state index in [1.54, 1.807) is 30.3 Å². The Hall–Kier alpha value is -2.45. The van der Waals surface area contributed by atoms with E-state index in [4.69, 9.17) is 17.0 Å². The molecule has 0 aliphatic rings. The van der Waals surface area contributed by atoms with E-state index in [1.807, 2.05) is 12.1 Å². The van der Waals surface area contributed by atoms with Gasteiger partial charge in [-0.2, -0.15) is 0 Å². The third-order valence-corrected chi connectivity index (χ3v) is 5.12. The molecule has 0 spiro atoms. The number of carbonyl (C=O) groups is 2. The zero-order chi connectivity index (χ0) is 23.2. The van der Waals surface area contributed by atoms with E-state index in [9.17, 15) is 9.59 Å². The number of hydrazine groups is 1. The van der Waals surface area contributed by atoms with Crippen LogP contribution < -0.4 is 20.9 Å². The molecule has 166 valence electrons. The van der Waals surface area contributed by atoms with E-state index in [2.05, 4.69) is 66.7 Å². The fourth-order valence-electron chi connectivity index (χ4n) is 2.53. The van der Waals surface area contributed by atoms with Crippen molar-refractivity contribution in [1.29, 1.82) is 0 Å². The summed E-state index contributed by atoms with van der Waals surface area (Å²) in [5.41, 5.74) is 7.06. The van der Waals surface area contributed by atoms with E-state index in [0.29, 0.717) is 33.9 Å². The Morgan fingerprint density at radius 1 is 1.00 bits per heavy atom. The van der Waals surface area contributed by atoms with Crippen LogP contribution in [0.5, 0.6) is 5.75 Å². The number of halogens is 1. The van der Waals surface area contributed by atoms with E-state index < -0.39 is 5.91 Å². The summed E-state index contributed by atoms with van der Waals surface area (Å²) in [5.74, 6) is 0.296. The minimum atomic E-state index is -0.405. The van der Waals surface area contributed by atoms with Crippen molar-refractivity contribution < 1.29 is 14.3 Å². The predicted molar refractivity (Wildman–Crippen MR) is 130 cm³/mol. The lowest BCUT2D eigenvalue weighted by Crippen LogP contribution is -2.48. The summed E-state index contributed by atoms with van der Waals surface area (Å²) < 4.78 is 6.36. The molecule has 0 bridgehead atoms. The maximum Gasteiger partial charge on any atom is 0.269 e. The van der Waals surface area contributed by atoms with E-state index in [0.717, 1.165) is 5.56 Å². The monoisotopic (exact) mass is 505 g/mol. The molecule has 0 saturated carbocycles. The number of rotatable bonds is 5. The van der Waals surface area contributed by atoms with Gasteiger partial charge in [-0.05, 0) is 75.4 Å². The Morgan fingerprint density at radius 2 is 1.61 bits per heavy atom. The summed E-state index contributed by atoms with van der Waals surface area (Å²) in [6, 6.07) is 12.4. The number of nitrogens with one attached hydrogen (secondary N) is 3. The smallest absolute Gasteiger partial charge is 0.269 e. The van der Waals surface area contributed by atoms with E-state index >= 15 is 0 Å². The van der Waals surface area contributed by atoms with Gasteiger partial charge in [0, 0.05) is 11.1 Å². The highest BCUT2D eigenvalue weighted by Crippen LogP contribution is 2.26. The number of thiocarbonyl (C=S) groups is 1. The van der Waals surface area contributed by atoms with Crippen LogP contribution >= 0.6 is 28.1 Å². The van der Waals surface area contributed by atoms with Gasteiger partial charge in [-0.1, -0.05) is 46.8 Å². The second-order valence-electron chi connectivity index (χ2n) is 8.54. The largest absolute Gasteiger partial charge is 0.492 e. The second kappa shape index (κ2) is 10.7. The third-order valence-electron chi connectivity index (χ3n) is 4.30. The zero-order valence-corrected chi connectivity index (χ0v) is 20.7. The van der Waals surface area contributed by atoms with Gasteiger partial charge in [0.2, 0.25) is 0 Å². The lowest BCUT2D eigenvalue weighted by Gasteiger charge is -2.19. The van der Waals surface area contributed by atoms with Crippen LogP contribution in [0.4, 0.5) is 0 Å². The number of amides is 2. The van der Waals surface area contributed by atoms with Gasteiger partial charge in [0.25, 0.3) is 11.8 Å². The van der Waals surface area contributed by atoms with Gasteiger partial charge in [0.05, 0.1) is 11.1 Å². The highest BCUT2D eigenvalue weighted by atomic mass is 79.9. The van der Waals surface area contributed by atoms with Crippen LogP contribution in [0.1, 0.15) is 60.9 Å². The molecule has 0 atom stereocenters. The van der Waals surface area contributed by atoms with Crippen LogP contribution in [0.3, 0.4) is 0 Å². The van der Waals surface area contributed by atoms with Crippen LogP contribution in [0.25, 0.3) is 0 Å². The van der Waals surface area contributed by atoms with E-state index in [1.165, 1.54) is 0 Å². The van der Waals surface area contributed by atoms with Gasteiger partial charge in [-0.15, -0.1) is 0 Å². The van der Waals surface area contributed by atoms with Crippen molar-refractivity contribution in [2.45, 2.75) is 40.0 Å². The van der Waals surface area contributed by atoms with Gasteiger partial charge < -0.3 is 4.74 Å². The summed E-state index contributed by atoms with van der Waals surface area (Å²) in [4.78, 5) is 24.7. The molecule has 2 amide bonds. The molecule has 2 aromatic carbocycles. The van der Waals surface area contributed by atoms with Gasteiger partial charge >= 0.3 is 0 Å². The zero-order valence-electron chi connectivity index (χ0n) is 18.3. The molecule has 6 nitrogen and oxygen atoms in total. The van der Waals surface area contributed by atoms with Gasteiger partial charge in [-0.3, -0.25) is 25.8 Å². The lowest BCUT2D eigenvalue weighted by molar-refractivity contribution is 0.0934. The maximum atomic E-state index is 12.4. The fraction of sp³-hybridized carbons (Fsp3) is 0.348. The Labute approximate surface area is 197 Å². The quantitative estimate of drug-likeness (QED) is 0.404. The predicted octanol–water partition coefficient (Wildman–Crippen LogP) is 4.73. The number of hydrogen-bond acceptors (Lipinski definition) is 4. The number of ether oxygens (including phenoxy) is 1. The SMILES string of the molecule is CC(C)COc1ccc(C(=O)NC(=S)NNC(=O)c2ccc(C(C)(C)C)cc2)cc1Br. The minimum absolute atomic E-state index is 0.00680. The summed E-state index contributed by atoms with van der Waals surface area (Å²) in [7, 11) is 0. The third kappa shape index (κ3) is 7.63. The minimum Gasteiger partial charge on any atom is -0.492 e. The van der Waals surface area contributed by atoms with Crippen LogP contribution in [0, 0.1) is 5.92 Å². The molecular weight excluding hydrogens is 478 g/mol. The van der Waals surface area contributed by atoms with Gasteiger partial charge in [-0.25, -0.2) is 0 Å². The maximum absolute atomic E-state index is 12.4. The molecule has 0 fully saturated rings. The first kappa shape index (κ1) is 24.8. The Morgan fingerprint density at radius 3 is 2.16 bits per heavy atom. The van der Waals surface area contributed by atoms with Crippen molar-refractivity contribution in [3.05, 3.63) is 63.6 Å². The summed E-state index contributed by atoms with van der Waals surface area (Å²) >= 11 is 8.52. The van der Waals surface area contributed by atoms with Crippen LogP contribution in [0.2, 0.25) is 0 Å². The van der Waals surface area contributed by atoms with Crippen molar-refractivity contribution in [1.82, 2.24) is 16.2 Å². The highest BCUT2D eigenvalue weighted by molar-refractivity contribution is 9.10. The molecule has 0 aliphatic carbocycles. The summed E-state index contributed by atoms with van der Waals surface area (Å²) in [6.45, 7) is 11.0.